The van der Waals surface area contributed by atoms with E-state index in [0.717, 1.165) is 18.1 Å². The fourth-order valence-electron chi connectivity index (χ4n) is 3.81. The van der Waals surface area contributed by atoms with Crippen LogP contribution in [0.4, 0.5) is 0 Å². The van der Waals surface area contributed by atoms with E-state index in [9.17, 15) is 0 Å². The van der Waals surface area contributed by atoms with Gasteiger partial charge in [0.25, 0.3) is 0 Å². The van der Waals surface area contributed by atoms with E-state index in [0.29, 0.717) is 12.1 Å². The molecule has 2 bridgehead atoms. The van der Waals surface area contributed by atoms with E-state index in [2.05, 4.69) is 35.3 Å². The summed E-state index contributed by atoms with van der Waals surface area (Å²) in [4.78, 5) is 2.60. The van der Waals surface area contributed by atoms with Crippen molar-refractivity contribution in [1.29, 1.82) is 0 Å². The Balaban J connectivity index is 1.73. The molecule has 0 amide bonds. The molecule has 0 radical (unpaired) electrons. The minimum atomic E-state index is 0.406. The normalized spacial score (nSPS) is 30.2. The Labute approximate surface area is 122 Å². The van der Waals surface area contributed by atoms with Gasteiger partial charge in [-0.25, -0.2) is 0 Å². The lowest BCUT2D eigenvalue weighted by Crippen LogP contribution is -2.45. The van der Waals surface area contributed by atoms with Crippen LogP contribution in [0.1, 0.15) is 37.8 Å². The third-order valence-electron chi connectivity index (χ3n) is 4.97. The number of para-hydroxylation sites is 1. The quantitative estimate of drug-likeness (QED) is 0.893. The lowest BCUT2D eigenvalue weighted by atomic mass is 9.92. The van der Waals surface area contributed by atoms with Crippen molar-refractivity contribution in [3.63, 3.8) is 0 Å². The van der Waals surface area contributed by atoms with Crippen molar-refractivity contribution in [2.45, 2.75) is 38.3 Å². The van der Waals surface area contributed by atoms with E-state index in [1.807, 2.05) is 6.07 Å². The average Bonchev–Trinajstić information content (AvgIpc) is 2.89. The van der Waals surface area contributed by atoms with Crippen LogP contribution < -0.4 is 10.1 Å². The molecule has 0 aliphatic carbocycles. The van der Waals surface area contributed by atoms with Crippen molar-refractivity contribution in [2.75, 3.05) is 26.7 Å². The summed E-state index contributed by atoms with van der Waals surface area (Å²) in [5.41, 5.74) is 1.30. The first-order valence-corrected chi connectivity index (χ1v) is 7.93. The maximum atomic E-state index is 5.53. The van der Waals surface area contributed by atoms with E-state index in [4.69, 9.17) is 4.74 Å². The highest BCUT2D eigenvalue weighted by molar-refractivity contribution is 5.35. The predicted octanol–water partition coefficient (Wildman–Crippen LogP) is 2.83. The Morgan fingerprint density at radius 3 is 2.90 bits per heavy atom. The van der Waals surface area contributed by atoms with Crippen LogP contribution in [0.2, 0.25) is 0 Å². The van der Waals surface area contributed by atoms with Crippen LogP contribution in [0, 0.1) is 5.92 Å². The highest BCUT2D eigenvalue weighted by Crippen LogP contribution is 2.32. The van der Waals surface area contributed by atoms with E-state index in [1.165, 1.54) is 38.0 Å². The lowest BCUT2D eigenvalue weighted by Gasteiger charge is -2.34. The number of fused-ring (bicyclic) bond motifs is 2. The maximum absolute atomic E-state index is 5.53. The molecule has 0 spiro atoms. The number of rotatable bonds is 5. The number of benzene rings is 1. The third-order valence-corrected chi connectivity index (χ3v) is 4.97. The van der Waals surface area contributed by atoms with Crippen molar-refractivity contribution >= 4 is 0 Å². The molecule has 2 aliphatic rings. The summed E-state index contributed by atoms with van der Waals surface area (Å²) in [6.07, 6.45) is 3.75. The van der Waals surface area contributed by atoms with Gasteiger partial charge < -0.3 is 15.0 Å². The number of nitrogens with zero attached hydrogens (tertiary/aromatic N) is 1. The zero-order valence-corrected chi connectivity index (χ0v) is 12.6. The first-order valence-electron chi connectivity index (χ1n) is 7.93. The molecular weight excluding hydrogens is 248 g/mol. The Kier molecular flexibility index (Phi) is 4.27. The van der Waals surface area contributed by atoms with Gasteiger partial charge in [0.1, 0.15) is 5.75 Å². The van der Waals surface area contributed by atoms with Crippen molar-refractivity contribution < 1.29 is 4.74 Å². The Morgan fingerprint density at radius 2 is 2.10 bits per heavy atom. The Bertz CT molecular complexity index is 448. The minimum Gasteiger partial charge on any atom is -0.496 e. The topological polar surface area (TPSA) is 24.5 Å². The van der Waals surface area contributed by atoms with Crippen LogP contribution >= 0.6 is 0 Å². The molecule has 3 rings (SSSR count). The third kappa shape index (κ3) is 2.70. The number of piperidine rings is 1. The zero-order chi connectivity index (χ0) is 13.9. The van der Waals surface area contributed by atoms with Gasteiger partial charge in [0.2, 0.25) is 0 Å². The molecule has 1 aromatic carbocycles. The molecule has 2 fully saturated rings. The summed E-state index contributed by atoms with van der Waals surface area (Å²) in [6.45, 7) is 6.11. The summed E-state index contributed by atoms with van der Waals surface area (Å²) in [5, 5.41) is 3.92. The molecule has 2 saturated heterocycles. The lowest BCUT2D eigenvalue weighted by molar-refractivity contribution is 0.208. The highest BCUT2D eigenvalue weighted by atomic mass is 16.5. The van der Waals surface area contributed by atoms with Gasteiger partial charge in [-0.15, -0.1) is 0 Å². The standard InChI is InChI=1S/C17H26N2O/c1-3-15(14-6-4-5-7-17(14)20-2)18-16-9-11-19-10-8-13(16)12-19/h4-7,13,15-16,18H,3,8-12H2,1-2H3. The molecule has 20 heavy (non-hydrogen) atoms. The number of nitrogens with one attached hydrogen (secondary N) is 1. The van der Waals surface area contributed by atoms with Gasteiger partial charge in [-0.3, -0.25) is 0 Å². The van der Waals surface area contributed by atoms with Crippen LogP contribution in [-0.2, 0) is 0 Å². The molecule has 2 heterocycles. The average molecular weight is 274 g/mol. The van der Waals surface area contributed by atoms with E-state index in [1.54, 1.807) is 7.11 Å². The van der Waals surface area contributed by atoms with Gasteiger partial charge in [-0.1, -0.05) is 25.1 Å². The van der Waals surface area contributed by atoms with Crippen LogP contribution in [0.3, 0.4) is 0 Å². The second-order valence-electron chi connectivity index (χ2n) is 6.11. The molecule has 2 aliphatic heterocycles. The SMILES string of the molecule is CCC(NC1CCN2CCC1C2)c1ccccc1OC. The van der Waals surface area contributed by atoms with Crippen LogP contribution in [0.25, 0.3) is 0 Å². The van der Waals surface area contributed by atoms with Crippen molar-refractivity contribution in [3.8, 4) is 5.75 Å². The smallest absolute Gasteiger partial charge is 0.123 e. The van der Waals surface area contributed by atoms with E-state index in [-0.39, 0.29) is 0 Å². The van der Waals surface area contributed by atoms with E-state index >= 15 is 0 Å². The summed E-state index contributed by atoms with van der Waals surface area (Å²) >= 11 is 0. The summed E-state index contributed by atoms with van der Waals surface area (Å²) in [6, 6.07) is 9.50. The Hall–Kier alpha value is -1.06. The second kappa shape index (κ2) is 6.15. The molecule has 4 atom stereocenters. The van der Waals surface area contributed by atoms with Gasteiger partial charge in [0, 0.05) is 24.2 Å². The van der Waals surface area contributed by atoms with Gasteiger partial charge in [-0.05, 0) is 44.3 Å². The largest absolute Gasteiger partial charge is 0.496 e. The maximum Gasteiger partial charge on any atom is 0.123 e. The molecule has 3 heteroatoms. The zero-order valence-electron chi connectivity index (χ0n) is 12.6. The first kappa shape index (κ1) is 13.9. The molecule has 0 saturated carbocycles. The molecule has 3 nitrogen and oxygen atoms in total. The van der Waals surface area contributed by atoms with E-state index < -0.39 is 0 Å². The number of hydrogen-bond donors (Lipinski definition) is 1. The monoisotopic (exact) mass is 274 g/mol. The molecule has 110 valence electrons. The molecule has 1 aromatic rings. The van der Waals surface area contributed by atoms with Crippen LogP contribution in [0.15, 0.2) is 24.3 Å². The minimum absolute atomic E-state index is 0.406. The Morgan fingerprint density at radius 1 is 1.30 bits per heavy atom. The van der Waals surface area contributed by atoms with Gasteiger partial charge in [0.05, 0.1) is 7.11 Å². The summed E-state index contributed by atoms with van der Waals surface area (Å²) in [5.74, 6) is 1.85. The number of hydrogen-bond acceptors (Lipinski definition) is 3. The number of ether oxygens (including phenoxy) is 1. The van der Waals surface area contributed by atoms with Crippen LogP contribution in [0.5, 0.6) is 5.75 Å². The molecule has 4 unspecified atom stereocenters. The fraction of sp³-hybridized carbons (Fsp3) is 0.647. The summed E-state index contributed by atoms with van der Waals surface area (Å²) < 4.78 is 5.53. The number of methoxy groups -OCH3 is 1. The summed E-state index contributed by atoms with van der Waals surface area (Å²) in [7, 11) is 1.76. The first-order chi connectivity index (χ1) is 9.81. The predicted molar refractivity (Wildman–Crippen MR) is 82.1 cm³/mol. The van der Waals surface area contributed by atoms with Crippen molar-refractivity contribution in [1.82, 2.24) is 10.2 Å². The highest BCUT2D eigenvalue weighted by Gasteiger charge is 2.35. The van der Waals surface area contributed by atoms with Gasteiger partial charge >= 0.3 is 0 Å². The van der Waals surface area contributed by atoms with Crippen molar-refractivity contribution in [2.24, 2.45) is 5.92 Å². The van der Waals surface area contributed by atoms with Gasteiger partial charge in [-0.2, -0.15) is 0 Å². The second-order valence-corrected chi connectivity index (χ2v) is 6.11. The molecule has 1 N–H and O–H groups in total. The molecular formula is C17H26N2O. The molecule has 0 aromatic heterocycles. The van der Waals surface area contributed by atoms with Crippen LogP contribution in [-0.4, -0.2) is 37.7 Å². The van der Waals surface area contributed by atoms with Gasteiger partial charge in [0.15, 0.2) is 0 Å². The van der Waals surface area contributed by atoms with Crippen molar-refractivity contribution in [3.05, 3.63) is 29.8 Å². The fourth-order valence-corrected chi connectivity index (χ4v) is 3.81.